The number of aryl methyl sites for hydroxylation is 1. The second-order valence-corrected chi connectivity index (χ2v) is 4.64. The van der Waals surface area contributed by atoms with Crippen LogP contribution in [0.4, 0.5) is 5.69 Å². The van der Waals surface area contributed by atoms with Gasteiger partial charge in [0.05, 0.1) is 5.69 Å². The van der Waals surface area contributed by atoms with Crippen molar-refractivity contribution in [2.24, 2.45) is 4.99 Å². The van der Waals surface area contributed by atoms with Crippen LogP contribution in [0.3, 0.4) is 0 Å². The summed E-state index contributed by atoms with van der Waals surface area (Å²) in [5.41, 5.74) is 2.37. The quantitative estimate of drug-likeness (QED) is 0.823. The number of anilines is 1. The van der Waals surface area contributed by atoms with Crippen molar-refractivity contribution in [1.82, 2.24) is 0 Å². The van der Waals surface area contributed by atoms with E-state index >= 15 is 0 Å². The monoisotopic (exact) mass is 266 g/mol. The molecule has 0 aliphatic carbocycles. The summed E-state index contributed by atoms with van der Waals surface area (Å²) in [6.45, 7) is 3.06. The number of nitrogens with zero attached hydrogens (tertiary/aromatic N) is 1. The first-order valence-electron chi connectivity index (χ1n) is 5.33. The number of amidine groups is 1. The smallest absolute Gasteiger partial charge is 0.101 e. The largest absolute Gasteiger partial charge is 0.343 e. The maximum Gasteiger partial charge on any atom is 0.101 e. The van der Waals surface area contributed by atoms with Gasteiger partial charge >= 0.3 is 0 Å². The lowest BCUT2D eigenvalue weighted by atomic mass is 10.1. The summed E-state index contributed by atoms with van der Waals surface area (Å²) in [4.78, 5) is 4.48. The Morgan fingerprint density at radius 3 is 2.93 bits per heavy atom. The Bertz CT molecular complexity index is 385. The van der Waals surface area contributed by atoms with Crippen LogP contribution in [0.15, 0.2) is 27.7 Å². The number of hydrogen-bond acceptors (Lipinski definition) is 2. The molecule has 1 aliphatic heterocycles. The van der Waals surface area contributed by atoms with E-state index in [9.17, 15) is 0 Å². The number of halogens is 1. The van der Waals surface area contributed by atoms with Gasteiger partial charge < -0.3 is 5.32 Å². The van der Waals surface area contributed by atoms with Gasteiger partial charge in [0.1, 0.15) is 5.84 Å². The first kappa shape index (κ1) is 10.7. The number of nitrogens with one attached hydrogen (secondary N) is 1. The van der Waals surface area contributed by atoms with Gasteiger partial charge in [-0.2, -0.15) is 0 Å². The SMILES string of the molecule is Cc1cccc(NC2=NCCCC2)c1Br. The Balaban J connectivity index is 2.16. The van der Waals surface area contributed by atoms with Crippen LogP contribution in [0.5, 0.6) is 0 Å². The molecule has 0 radical (unpaired) electrons. The van der Waals surface area contributed by atoms with E-state index in [0.717, 1.165) is 29.0 Å². The van der Waals surface area contributed by atoms with Crippen molar-refractivity contribution in [1.29, 1.82) is 0 Å². The summed E-state index contributed by atoms with van der Waals surface area (Å²) < 4.78 is 1.14. The minimum Gasteiger partial charge on any atom is -0.343 e. The molecule has 3 heteroatoms. The summed E-state index contributed by atoms with van der Waals surface area (Å²) >= 11 is 3.59. The van der Waals surface area contributed by atoms with Crippen molar-refractivity contribution in [3.05, 3.63) is 28.2 Å². The van der Waals surface area contributed by atoms with Crippen LogP contribution in [0.25, 0.3) is 0 Å². The second-order valence-electron chi connectivity index (χ2n) is 3.85. The number of aliphatic imine (C=N–C) groups is 1. The third-order valence-corrected chi connectivity index (χ3v) is 3.65. The molecule has 2 rings (SSSR count). The van der Waals surface area contributed by atoms with Crippen LogP contribution in [0.1, 0.15) is 24.8 Å². The second kappa shape index (κ2) is 4.79. The van der Waals surface area contributed by atoms with E-state index in [2.05, 4.69) is 51.4 Å². The number of hydrogen-bond donors (Lipinski definition) is 1. The molecule has 0 saturated heterocycles. The summed E-state index contributed by atoms with van der Waals surface area (Å²) in [6, 6.07) is 6.23. The third kappa shape index (κ3) is 2.59. The first-order chi connectivity index (χ1) is 7.27. The summed E-state index contributed by atoms with van der Waals surface area (Å²) in [5.74, 6) is 1.12. The van der Waals surface area contributed by atoms with Crippen LogP contribution in [0, 0.1) is 6.92 Å². The molecule has 1 aromatic rings. The van der Waals surface area contributed by atoms with Gasteiger partial charge in [-0.05, 0) is 47.3 Å². The van der Waals surface area contributed by atoms with E-state index < -0.39 is 0 Å². The lowest BCUT2D eigenvalue weighted by molar-refractivity contribution is 0.737. The fourth-order valence-corrected chi connectivity index (χ4v) is 2.06. The Morgan fingerprint density at radius 2 is 2.20 bits per heavy atom. The predicted molar refractivity (Wildman–Crippen MR) is 68.7 cm³/mol. The van der Waals surface area contributed by atoms with Gasteiger partial charge in [0.15, 0.2) is 0 Å². The van der Waals surface area contributed by atoms with Gasteiger partial charge in [0.2, 0.25) is 0 Å². The van der Waals surface area contributed by atoms with Crippen molar-refractivity contribution < 1.29 is 0 Å². The molecule has 1 aliphatic rings. The standard InChI is InChI=1S/C12H15BrN2/c1-9-5-4-6-10(12(9)13)15-11-7-2-3-8-14-11/h4-6H,2-3,7-8H2,1H3,(H,14,15). The van der Waals surface area contributed by atoms with Crippen molar-refractivity contribution >= 4 is 27.5 Å². The Labute approximate surface area is 98.9 Å². The third-order valence-electron chi connectivity index (χ3n) is 2.60. The molecule has 1 aromatic carbocycles. The highest BCUT2D eigenvalue weighted by atomic mass is 79.9. The molecular formula is C12H15BrN2. The summed E-state index contributed by atoms with van der Waals surface area (Å²) in [5, 5.41) is 3.39. The van der Waals surface area contributed by atoms with Gasteiger partial charge in [-0.25, -0.2) is 0 Å². The average molecular weight is 267 g/mol. The fourth-order valence-electron chi connectivity index (χ4n) is 1.70. The number of rotatable bonds is 1. The molecule has 0 spiro atoms. The zero-order valence-corrected chi connectivity index (χ0v) is 10.5. The molecule has 0 atom stereocenters. The van der Waals surface area contributed by atoms with Gasteiger partial charge in [0.25, 0.3) is 0 Å². The molecule has 0 saturated carbocycles. The first-order valence-corrected chi connectivity index (χ1v) is 6.12. The highest BCUT2D eigenvalue weighted by Gasteiger charge is 2.07. The van der Waals surface area contributed by atoms with Crippen LogP contribution in [-0.2, 0) is 0 Å². The molecule has 80 valence electrons. The molecular weight excluding hydrogens is 252 g/mol. The van der Waals surface area contributed by atoms with Crippen molar-refractivity contribution in [2.75, 3.05) is 11.9 Å². The minimum absolute atomic E-state index is 0.964. The zero-order valence-electron chi connectivity index (χ0n) is 8.89. The molecule has 0 amide bonds. The molecule has 15 heavy (non-hydrogen) atoms. The van der Waals surface area contributed by atoms with Gasteiger partial charge in [0, 0.05) is 17.4 Å². The lowest BCUT2D eigenvalue weighted by Crippen LogP contribution is -2.16. The highest BCUT2D eigenvalue weighted by molar-refractivity contribution is 9.10. The van der Waals surface area contributed by atoms with Gasteiger partial charge in [-0.3, -0.25) is 4.99 Å². The Kier molecular flexibility index (Phi) is 3.41. The summed E-state index contributed by atoms with van der Waals surface area (Å²) in [7, 11) is 0. The maximum absolute atomic E-state index is 4.48. The van der Waals surface area contributed by atoms with Gasteiger partial charge in [-0.15, -0.1) is 0 Å². The molecule has 0 bridgehead atoms. The van der Waals surface area contributed by atoms with Crippen LogP contribution in [0.2, 0.25) is 0 Å². The van der Waals surface area contributed by atoms with Crippen molar-refractivity contribution in [3.8, 4) is 0 Å². The van der Waals surface area contributed by atoms with Gasteiger partial charge in [-0.1, -0.05) is 12.1 Å². The maximum atomic E-state index is 4.48. The van der Waals surface area contributed by atoms with E-state index in [1.807, 2.05) is 0 Å². The molecule has 1 N–H and O–H groups in total. The summed E-state index contributed by atoms with van der Waals surface area (Å²) in [6.07, 6.45) is 3.54. The van der Waals surface area contributed by atoms with Crippen LogP contribution >= 0.6 is 15.9 Å². The van der Waals surface area contributed by atoms with E-state index in [4.69, 9.17) is 0 Å². The highest BCUT2D eigenvalue weighted by Crippen LogP contribution is 2.26. The molecule has 1 heterocycles. The molecule has 2 nitrogen and oxygen atoms in total. The normalized spacial score (nSPS) is 16.0. The minimum atomic E-state index is 0.964. The molecule has 0 fully saturated rings. The fraction of sp³-hybridized carbons (Fsp3) is 0.417. The van der Waals surface area contributed by atoms with E-state index in [0.29, 0.717) is 0 Å². The van der Waals surface area contributed by atoms with Crippen LogP contribution in [-0.4, -0.2) is 12.4 Å². The lowest BCUT2D eigenvalue weighted by Gasteiger charge is -2.15. The Hall–Kier alpha value is -0.830. The van der Waals surface area contributed by atoms with E-state index in [1.165, 1.54) is 18.4 Å². The average Bonchev–Trinajstić information content (AvgIpc) is 2.26. The van der Waals surface area contributed by atoms with E-state index in [1.54, 1.807) is 0 Å². The zero-order chi connectivity index (χ0) is 10.7. The van der Waals surface area contributed by atoms with Crippen molar-refractivity contribution in [3.63, 3.8) is 0 Å². The van der Waals surface area contributed by atoms with Crippen molar-refractivity contribution in [2.45, 2.75) is 26.2 Å². The number of benzene rings is 1. The predicted octanol–water partition coefficient (Wildman–Crippen LogP) is 3.75. The topological polar surface area (TPSA) is 24.4 Å². The molecule has 0 unspecified atom stereocenters. The molecule has 0 aromatic heterocycles. The van der Waals surface area contributed by atoms with E-state index in [-0.39, 0.29) is 0 Å². The van der Waals surface area contributed by atoms with Crippen LogP contribution < -0.4 is 5.32 Å². The Morgan fingerprint density at radius 1 is 1.33 bits per heavy atom.